The van der Waals surface area contributed by atoms with Crippen molar-refractivity contribution in [1.29, 1.82) is 0 Å². The highest BCUT2D eigenvalue weighted by Gasteiger charge is 2.26. The number of morpholine rings is 1. The third kappa shape index (κ3) is 3.92. The lowest BCUT2D eigenvalue weighted by Crippen LogP contribution is -2.36. The van der Waals surface area contributed by atoms with Gasteiger partial charge in [-0.1, -0.05) is 30.3 Å². The van der Waals surface area contributed by atoms with Gasteiger partial charge in [-0.3, -0.25) is 19.8 Å². The lowest BCUT2D eigenvalue weighted by Gasteiger charge is -2.26. The molecule has 2 amide bonds. The number of benzene rings is 2. The van der Waals surface area contributed by atoms with E-state index in [0.29, 0.717) is 16.7 Å². The fourth-order valence-corrected chi connectivity index (χ4v) is 3.30. The minimum Gasteiger partial charge on any atom is -0.379 e. The molecule has 2 aromatic rings. The van der Waals surface area contributed by atoms with Crippen LogP contribution in [0.5, 0.6) is 0 Å². The summed E-state index contributed by atoms with van der Waals surface area (Å²) in [5.41, 5.74) is 3.72. The van der Waals surface area contributed by atoms with E-state index >= 15 is 0 Å². The Bertz CT molecular complexity index is 884. The van der Waals surface area contributed by atoms with E-state index in [1.807, 2.05) is 18.2 Å². The summed E-state index contributed by atoms with van der Waals surface area (Å²) in [7, 11) is 0. The number of carbonyl (C=O) groups excluding carboxylic acids is 2. The normalized spacial score (nSPS) is 18.9. The molecule has 1 fully saturated rings. The lowest BCUT2D eigenvalue weighted by molar-refractivity contribution is -0.114. The average molecular weight is 363 g/mol. The second-order valence-corrected chi connectivity index (χ2v) is 6.62. The largest absolute Gasteiger partial charge is 0.379 e. The van der Waals surface area contributed by atoms with Gasteiger partial charge in [-0.05, 0) is 23.8 Å². The second-order valence-electron chi connectivity index (χ2n) is 6.62. The van der Waals surface area contributed by atoms with Gasteiger partial charge in [-0.15, -0.1) is 0 Å². The van der Waals surface area contributed by atoms with Gasteiger partial charge in [-0.25, -0.2) is 0 Å². The molecule has 0 atom stereocenters. The van der Waals surface area contributed by atoms with Gasteiger partial charge in [0.15, 0.2) is 0 Å². The highest BCUT2D eigenvalue weighted by atomic mass is 16.5. The maximum absolute atomic E-state index is 12.2. The van der Waals surface area contributed by atoms with Gasteiger partial charge in [0.2, 0.25) is 0 Å². The molecule has 0 saturated carbocycles. The number of nitrogens with one attached hydrogen (secondary N) is 2. The number of amides is 2. The summed E-state index contributed by atoms with van der Waals surface area (Å²) in [5, 5.41) is 5.54. The fraction of sp³-hybridized carbons (Fsp3) is 0.238. The van der Waals surface area contributed by atoms with Crippen LogP contribution < -0.4 is 10.6 Å². The first-order valence-corrected chi connectivity index (χ1v) is 9.01. The Morgan fingerprint density at radius 3 is 2.41 bits per heavy atom. The molecule has 0 spiro atoms. The number of hydrogen-bond acceptors (Lipinski definition) is 5. The molecule has 2 heterocycles. The van der Waals surface area contributed by atoms with Gasteiger partial charge in [0, 0.05) is 42.6 Å². The van der Waals surface area contributed by atoms with Crippen molar-refractivity contribution in [1.82, 2.24) is 10.2 Å². The molecule has 0 aliphatic carbocycles. The molecule has 2 aliphatic rings. The Morgan fingerprint density at radius 2 is 1.67 bits per heavy atom. The summed E-state index contributed by atoms with van der Waals surface area (Å²) in [5.74, 6) is -0.754. The number of rotatable bonds is 4. The summed E-state index contributed by atoms with van der Waals surface area (Å²) < 4.78 is 5.37. The molecule has 2 aromatic carbocycles. The first kappa shape index (κ1) is 17.5. The Hall–Kier alpha value is -2.96. The van der Waals surface area contributed by atoms with Crippen LogP contribution in [0.3, 0.4) is 0 Å². The van der Waals surface area contributed by atoms with E-state index in [-0.39, 0.29) is 5.91 Å². The zero-order valence-electron chi connectivity index (χ0n) is 14.9. The molecule has 4 rings (SSSR count). The van der Waals surface area contributed by atoms with Crippen LogP contribution in [-0.2, 0) is 16.1 Å². The van der Waals surface area contributed by atoms with Crippen molar-refractivity contribution >= 4 is 23.1 Å². The van der Waals surface area contributed by atoms with Crippen LogP contribution in [0.1, 0.15) is 21.5 Å². The predicted octanol–water partition coefficient (Wildman–Crippen LogP) is 2.24. The standard InChI is InChI=1S/C21H21N3O3/c25-20-18-4-2-1-3-17(18)19(21(26)23-20)13-22-16-7-5-15(6-8-16)14-24-9-11-27-12-10-24/h1-8,13,22H,9-12,14H2,(H,23,25,26)/b19-13-. The second kappa shape index (κ2) is 7.73. The van der Waals surface area contributed by atoms with Crippen LogP contribution in [0.25, 0.3) is 5.57 Å². The van der Waals surface area contributed by atoms with E-state index in [2.05, 4.69) is 27.7 Å². The topological polar surface area (TPSA) is 70.7 Å². The first-order chi connectivity index (χ1) is 13.2. The zero-order chi connectivity index (χ0) is 18.6. The van der Waals surface area contributed by atoms with Gasteiger partial charge in [0.25, 0.3) is 11.8 Å². The number of anilines is 1. The summed E-state index contributed by atoms with van der Waals surface area (Å²) in [6.45, 7) is 4.40. The Balaban J connectivity index is 1.47. The van der Waals surface area contributed by atoms with Crippen molar-refractivity contribution in [3.8, 4) is 0 Å². The van der Waals surface area contributed by atoms with Crippen LogP contribution in [-0.4, -0.2) is 43.0 Å². The minimum atomic E-state index is -0.393. The molecule has 6 nitrogen and oxygen atoms in total. The average Bonchev–Trinajstić information content (AvgIpc) is 2.70. The third-order valence-corrected chi connectivity index (χ3v) is 4.78. The first-order valence-electron chi connectivity index (χ1n) is 9.01. The quantitative estimate of drug-likeness (QED) is 0.644. The SMILES string of the molecule is O=C1NC(=O)c2ccccc2/C1=C/Nc1ccc(CN2CCOCC2)cc1. The van der Waals surface area contributed by atoms with E-state index in [1.54, 1.807) is 24.4 Å². The van der Waals surface area contributed by atoms with Crippen LogP contribution in [0.4, 0.5) is 5.69 Å². The molecule has 1 saturated heterocycles. The van der Waals surface area contributed by atoms with Crippen molar-refractivity contribution in [3.05, 3.63) is 71.4 Å². The van der Waals surface area contributed by atoms with E-state index in [1.165, 1.54) is 5.56 Å². The molecule has 0 aromatic heterocycles. The number of carbonyl (C=O) groups is 2. The lowest BCUT2D eigenvalue weighted by atomic mass is 9.96. The predicted molar refractivity (Wildman–Crippen MR) is 103 cm³/mol. The van der Waals surface area contributed by atoms with Crippen molar-refractivity contribution < 1.29 is 14.3 Å². The zero-order valence-corrected chi connectivity index (χ0v) is 14.9. The summed E-state index contributed by atoms with van der Waals surface area (Å²) in [4.78, 5) is 26.5. The van der Waals surface area contributed by atoms with Crippen LogP contribution in [0.15, 0.2) is 54.7 Å². The number of hydrogen-bond donors (Lipinski definition) is 2. The van der Waals surface area contributed by atoms with Crippen LogP contribution in [0, 0.1) is 0 Å². The molecule has 138 valence electrons. The molecule has 0 unspecified atom stereocenters. The molecule has 2 N–H and O–H groups in total. The van der Waals surface area contributed by atoms with Crippen LogP contribution in [0.2, 0.25) is 0 Å². The maximum atomic E-state index is 12.2. The van der Waals surface area contributed by atoms with E-state index in [9.17, 15) is 9.59 Å². The van der Waals surface area contributed by atoms with Gasteiger partial charge < -0.3 is 10.1 Å². The number of imide groups is 1. The van der Waals surface area contributed by atoms with E-state index in [0.717, 1.165) is 38.5 Å². The summed E-state index contributed by atoms with van der Waals surface area (Å²) in [6.07, 6.45) is 1.65. The molecular weight excluding hydrogens is 342 g/mol. The van der Waals surface area contributed by atoms with Gasteiger partial charge in [-0.2, -0.15) is 0 Å². The number of nitrogens with zero attached hydrogens (tertiary/aromatic N) is 1. The number of ether oxygens (including phenoxy) is 1. The molecule has 0 bridgehead atoms. The van der Waals surface area contributed by atoms with Gasteiger partial charge in [0.05, 0.1) is 18.8 Å². The Labute approximate surface area is 157 Å². The summed E-state index contributed by atoms with van der Waals surface area (Å²) >= 11 is 0. The molecule has 6 heteroatoms. The maximum Gasteiger partial charge on any atom is 0.260 e. The highest BCUT2D eigenvalue weighted by molar-refractivity contribution is 6.31. The van der Waals surface area contributed by atoms with Gasteiger partial charge in [0.1, 0.15) is 0 Å². The van der Waals surface area contributed by atoms with Crippen molar-refractivity contribution in [2.24, 2.45) is 0 Å². The highest BCUT2D eigenvalue weighted by Crippen LogP contribution is 2.24. The third-order valence-electron chi connectivity index (χ3n) is 4.78. The van der Waals surface area contributed by atoms with E-state index in [4.69, 9.17) is 4.74 Å². The van der Waals surface area contributed by atoms with Crippen molar-refractivity contribution in [2.45, 2.75) is 6.54 Å². The fourth-order valence-electron chi connectivity index (χ4n) is 3.30. The van der Waals surface area contributed by atoms with E-state index < -0.39 is 5.91 Å². The molecule has 0 radical (unpaired) electrons. The van der Waals surface area contributed by atoms with Crippen molar-refractivity contribution in [2.75, 3.05) is 31.6 Å². The Morgan fingerprint density at radius 1 is 0.963 bits per heavy atom. The van der Waals surface area contributed by atoms with Gasteiger partial charge >= 0.3 is 0 Å². The van der Waals surface area contributed by atoms with Crippen LogP contribution >= 0.6 is 0 Å². The summed E-state index contributed by atoms with van der Waals surface area (Å²) in [6, 6.07) is 15.2. The monoisotopic (exact) mass is 363 g/mol. The smallest absolute Gasteiger partial charge is 0.260 e. The van der Waals surface area contributed by atoms with Crippen molar-refractivity contribution in [3.63, 3.8) is 0 Å². The molecule has 27 heavy (non-hydrogen) atoms. The Kier molecular flexibility index (Phi) is 5.00. The molecular formula is C21H21N3O3. The minimum absolute atomic E-state index is 0.361. The number of fused-ring (bicyclic) bond motifs is 1. The molecule has 2 aliphatic heterocycles.